The van der Waals surface area contributed by atoms with Crippen molar-refractivity contribution in [3.05, 3.63) is 53.6 Å². The summed E-state index contributed by atoms with van der Waals surface area (Å²) in [5.74, 6) is -1.06. The van der Waals surface area contributed by atoms with Crippen LogP contribution in [0.2, 0.25) is 0 Å². The molecule has 0 saturated heterocycles. The molecule has 2 rings (SSSR count). The molecule has 0 spiro atoms. The molecule has 114 valence electrons. The molecule has 5 nitrogen and oxygen atoms in total. The van der Waals surface area contributed by atoms with E-state index in [1.54, 1.807) is 31.3 Å². The highest BCUT2D eigenvalue weighted by molar-refractivity contribution is 5.93. The molecule has 2 aromatic rings. The summed E-state index contributed by atoms with van der Waals surface area (Å²) in [6.07, 6.45) is 0. The second kappa shape index (κ2) is 6.87. The first kappa shape index (κ1) is 15.7. The summed E-state index contributed by atoms with van der Waals surface area (Å²) in [7, 11) is 1.71. The number of anilines is 1. The highest BCUT2D eigenvalue weighted by Crippen LogP contribution is 2.27. The van der Waals surface area contributed by atoms with Crippen LogP contribution in [0, 0.1) is 6.92 Å². The molecule has 0 saturated carbocycles. The lowest BCUT2D eigenvalue weighted by Gasteiger charge is -2.11. The number of hydrogen-bond acceptors (Lipinski definition) is 3. The summed E-state index contributed by atoms with van der Waals surface area (Å²) < 4.78 is 0. The van der Waals surface area contributed by atoms with E-state index in [4.69, 9.17) is 5.11 Å². The Morgan fingerprint density at radius 3 is 2.36 bits per heavy atom. The Balaban J connectivity index is 2.30. The normalized spacial score (nSPS) is 10.3. The van der Waals surface area contributed by atoms with Crippen LogP contribution in [-0.2, 0) is 4.79 Å². The van der Waals surface area contributed by atoms with Crippen molar-refractivity contribution >= 4 is 17.6 Å². The van der Waals surface area contributed by atoms with E-state index in [2.05, 4.69) is 10.6 Å². The lowest BCUT2D eigenvalue weighted by molar-refractivity contribution is -0.115. The fourth-order valence-corrected chi connectivity index (χ4v) is 2.17. The van der Waals surface area contributed by atoms with Crippen LogP contribution in [0.5, 0.6) is 0 Å². The molecule has 0 aliphatic heterocycles. The zero-order valence-electron chi connectivity index (χ0n) is 12.5. The van der Waals surface area contributed by atoms with Crippen molar-refractivity contribution in [2.24, 2.45) is 0 Å². The first-order valence-electron chi connectivity index (χ1n) is 6.90. The molecule has 0 aromatic heterocycles. The van der Waals surface area contributed by atoms with Crippen LogP contribution in [-0.4, -0.2) is 30.6 Å². The largest absolute Gasteiger partial charge is 0.478 e. The molecular formula is C17H18N2O3. The van der Waals surface area contributed by atoms with Gasteiger partial charge in [0.25, 0.3) is 0 Å². The van der Waals surface area contributed by atoms with Crippen LogP contribution >= 0.6 is 0 Å². The Hall–Kier alpha value is -2.66. The van der Waals surface area contributed by atoms with Gasteiger partial charge in [-0.05, 0) is 54.9 Å². The van der Waals surface area contributed by atoms with Crippen molar-refractivity contribution in [1.82, 2.24) is 5.32 Å². The van der Waals surface area contributed by atoms with E-state index in [1.807, 2.05) is 25.1 Å². The zero-order valence-corrected chi connectivity index (χ0v) is 12.5. The molecule has 22 heavy (non-hydrogen) atoms. The Morgan fingerprint density at radius 1 is 1.09 bits per heavy atom. The van der Waals surface area contributed by atoms with Crippen molar-refractivity contribution < 1.29 is 14.7 Å². The van der Waals surface area contributed by atoms with Crippen LogP contribution in [0.3, 0.4) is 0 Å². The first-order chi connectivity index (χ1) is 10.5. The lowest BCUT2D eigenvalue weighted by Crippen LogP contribution is -2.25. The van der Waals surface area contributed by atoms with Crippen molar-refractivity contribution in [2.45, 2.75) is 6.92 Å². The molecule has 1 amide bonds. The van der Waals surface area contributed by atoms with E-state index < -0.39 is 5.97 Å². The Morgan fingerprint density at radius 2 is 1.77 bits per heavy atom. The predicted molar refractivity (Wildman–Crippen MR) is 86.1 cm³/mol. The third-order valence-corrected chi connectivity index (χ3v) is 3.30. The molecule has 0 atom stereocenters. The maximum absolute atomic E-state index is 11.6. The van der Waals surface area contributed by atoms with E-state index in [0.717, 1.165) is 16.7 Å². The minimum absolute atomic E-state index is 0.112. The van der Waals surface area contributed by atoms with Gasteiger partial charge in [-0.3, -0.25) is 4.79 Å². The van der Waals surface area contributed by atoms with Crippen LogP contribution in [0.4, 0.5) is 5.69 Å². The second-order valence-corrected chi connectivity index (χ2v) is 4.99. The van der Waals surface area contributed by atoms with E-state index in [-0.39, 0.29) is 18.0 Å². The van der Waals surface area contributed by atoms with Crippen LogP contribution in [0.15, 0.2) is 42.5 Å². The van der Waals surface area contributed by atoms with E-state index >= 15 is 0 Å². The summed E-state index contributed by atoms with van der Waals surface area (Å²) in [6, 6.07) is 12.3. The number of carbonyl (C=O) groups is 2. The highest BCUT2D eigenvalue weighted by Gasteiger charge is 2.07. The van der Waals surface area contributed by atoms with Gasteiger partial charge in [-0.15, -0.1) is 0 Å². The minimum Gasteiger partial charge on any atom is -0.478 e. The lowest BCUT2D eigenvalue weighted by atomic mass is 9.99. The highest BCUT2D eigenvalue weighted by atomic mass is 16.4. The van der Waals surface area contributed by atoms with Crippen LogP contribution < -0.4 is 10.6 Å². The van der Waals surface area contributed by atoms with Gasteiger partial charge in [-0.25, -0.2) is 4.79 Å². The van der Waals surface area contributed by atoms with Crippen LogP contribution in [0.1, 0.15) is 15.9 Å². The van der Waals surface area contributed by atoms with Crippen molar-refractivity contribution in [3.63, 3.8) is 0 Å². The topological polar surface area (TPSA) is 78.4 Å². The van der Waals surface area contributed by atoms with Gasteiger partial charge >= 0.3 is 5.97 Å². The number of carbonyl (C=O) groups excluding carboxylic acids is 1. The number of nitrogens with one attached hydrogen (secondary N) is 2. The van der Waals surface area contributed by atoms with Gasteiger partial charge in [-0.1, -0.05) is 18.2 Å². The van der Waals surface area contributed by atoms with Gasteiger partial charge in [-0.2, -0.15) is 0 Å². The summed E-state index contributed by atoms with van der Waals surface area (Å²) in [5.41, 5.74) is 3.88. The van der Waals surface area contributed by atoms with Gasteiger partial charge in [0.15, 0.2) is 0 Å². The number of aromatic carboxylic acids is 1. The molecule has 0 fully saturated rings. The number of amides is 1. The Kier molecular flexibility index (Phi) is 4.91. The molecule has 0 aliphatic carbocycles. The van der Waals surface area contributed by atoms with E-state index in [1.165, 1.54) is 0 Å². The van der Waals surface area contributed by atoms with Gasteiger partial charge in [0, 0.05) is 5.69 Å². The molecule has 2 aromatic carbocycles. The number of carboxylic acid groups (broad SMARTS) is 1. The molecule has 0 radical (unpaired) electrons. The molecular weight excluding hydrogens is 280 g/mol. The number of carboxylic acids is 1. The predicted octanol–water partition coefficient (Wildman–Crippen LogP) is 2.52. The first-order valence-corrected chi connectivity index (χ1v) is 6.90. The number of aryl methyl sites for hydroxylation is 1. The fourth-order valence-electron chi connectivity index (χ4n) is 2.17. The average Bonchev–Trinajstić information content (AvgIpc) is 2.49. The molecule has 5 heteroatoms. The molecule has 3 N–H and O–H groups in total. The number of benzene rings is 2. The maximum atomic E-state index is 11.6. The maximum Gasteiger partial charge on any atom is 0.335 e. The van der Waals surface area contributed by atoms with E-state index in [0.29, 0.717) is 5.69 Å². The van der Waals surface area contributed by atoms with Crippen molar-refractivity contribution in [2.75, 3.05) is 18.9 Å². The molecule has 0 unspecified atom stereocenters. The molecule has 0 bridgehead atoms. The van der Waals surface area contributed by atoms with Crippen molar-refractivity contribution in [3.8, 4) is 11.1 Å². The standard InChI is InChI=1S/C17H18N2O3/c1-11-3-8-14(19-16(20)10-18-2)9-15(11)12-4-6-13(7-5-12)17(21)22/h3-9,18H,10H2,1-2H3,(H,19,20)(H,21,22). The number of rotatable bonds is 5. The fraction of sp³-hybridized carbons (Fsp3) is 0.176. The summed E-state index contributed by atoms with van der Waals surface area (Å²) >= 11 is 0. The second-order valence-electron chi connectivity index (χ2n) is 4.99. The zero-order chi connectivity index (χ0) is 16.1. The third kappa shape index (κ3) is 3.71. The smallest absolute Gasteiger partial charge is 0.335 e. The number of likely N-dealkylation sites (N-methyl/N-ethyl adjacent to an activating group) is 1. The summed E-state index contributed by atoms with van der Waals surface area (Å²) in [6.45, 7) is 2.22. The Labute approximate surface area is 129 Å². The Bertz CT molecular complexity index is 694. The van der Waals surface area contributed by atoms with Crippen LogP contribution in [0.25, 0.3) is 11.1 Å². The molecule has 0 aliphatic rings. The van der Waals surface area contributed by atoms with Gasteiger partial charge in [0.1, 0.15) is 0 Å². The summed E-state index contributed by atoms with van der Waals surface area (Å²) in [5, 5.41) is 14.6. The van der Waals surface area contributed by atoms with Gasteiger partial charge in [0.2, 0.25) is 5.91 Å². The molecule has 0 heterocycles. The van der Waals surface area contributed by atoms with E-state index in [9.17, 15) is 9.59 Å². The average molecular weight is 298 g/mol. The van der Waals surface area contributed by atoms with Gasteiger partial charge < -0.3 is 15.7 Å². The number of hydrogen-bond donors (Lipinski definition) is 3. The summed E-state index contributed by atoms with van der Waals surface area (Å²) in [4.78, 5) is 22.5. The minimum atomic E-state index is -0.948. The van der Waals surface area contributed by atoms with Crippen molar-refractivity contribution in [1.29, 1.82) is 0 Å². The third-order valence-electron chi connectivity index (χ3n) is 3.30. The monoisotopic (exact) mass is 298 g/mol. The SMILES string of the molecule is CNCC(=O)Nc1ccc(C)c(-c2ccc(C(=O)O)cc2)c1. The quantitative estimate of drug-likeness (QED) is 0.792. The van der Waals surface area contributed by atoms with Gasteiger partial charge in [0.05, 0.1) is 12.1 Å².